The fraction of sp³-hybridized carbons (Fsp3) is 0.667. The van der Waals surface area contributed by atoms with E-state index in [0.717, 1.165) is 12.5 Å². The molecule has 1 aliphatic carbocycles. The Hall–Kier alpha value is -1.56. The van der Waals surface area contributed by atoms with Gasteiger partial charge in [-0.05, 0) is 18.8 Å². The van der Waals surface area contributed by atoms with Crippen molar-refractivity contribution < 1.29 is 9.53 Å². The van der Waals surface area contributed by atoms with Crippen LogP contribution < -0.4 is 5.73 Å². The van der Waals surface area contributed by atoms with E-state index in [2.05, 4.69) is 5.10 Å². The number of carbonyl (C=O) groups excluding carboxylic acids is 1. The quantitative estimate of drug-likeness (QED) is 0.748. The number of nitrogens with two attached hydrogens (primary N) is 1. The van der Waals surface area contributed by atoms with Crippen LogP contribution in [0, 0.1) is 5.92 Å². The number of rotatable bonds is 6. The average Bonchev–Trinajstić information content (AvgIpc) is 3.10. The van der Waals surface area contributed by atoms with Crippen molar-refractivity contribution in [2.24, 2.45) is 13.0 Å². The fourth-order valence-corrected chi connectivity index (χ4v) is 1.73. The van der Waals surface area contributed by atoms with Crippen molar-refractivity contribution in [2.75, 3.05) is 32.5 Å². The molecule has 6 heteroatoms. The molecule has 0 aromatic carbocycles. The maximum atomic E-state index is 12.1. The summed E-state index contributed by atoms with van der Waals surface area (Å²) < 4.78 is 7.01. The van der Waals surface area contributed by atoms with Gasteiger partial charge in [0.05, 0.1) is 18.5 Å². The van der Waals surface area contributed by atoms with Crippen molar-refractivity contribution in [2.45, 2.75) is 12.8 Å². The van der Waals surface area contributed by atoms with E-state index >= 15 is 0 Å². The summed E-state index contributed by atoms with van der Waals surface area (Å²) in [6, 6.07) is 0. The van der Waals surface area contributed by atoms with E-state index < -0.39 is 0 Å². The predicted octanol–water partition coefficient (Wildman–Crippen LogP) is 0.501. The maximum absolute atomic E-state index is 12.1. The molecule has 6 nitrogen and oxygen atoms in total. The highest BCUT2D eigenvalue weighted by molar-refractivity contribution is 5.97. The van der Waals surface area contributed by atoms with E-state index in [0.29, 0.717) is 24.5 Å². The molecular formula is C12H20N4O2. The molecule has 1 aliphatic rings. The SMILES string of the molecule is CN(CCOCC1CC1)C(=O)c1c(N)cnn1C. The largest absolute Gasteiger partial charge is 0.396 e. The predicted molar refractivity (Wildman–Crippen MR) is 68.1 cm³/mol. The Balaban J connectivity index is 1.80. The lowest BCUT2D eigenvalue weighted by atomic mass is 10.3. The molecule has 1 aromatic rings. The zero-order valence-electron chi connectivity index (χ0n) is 10.9. The summed E-state index contributed by atoms with van der Waals surface area (Å²) >= 11 is 0. The van der Waals surface area contributed by atoms with Gasteiger partial charge in [-0.1, -0.05) is 0 Å². The summed E-state index contributed by atoms with van der Waals surface area (Å²) in [7, 11) is 3.45. The number of likely N-dealkylation sites (N-methyl/N-ethyl adjacent to an activating group) is 1. The molecule has 1 fully saturated rings. The van der Waals surface area contributed by atoms with Gasteiger partial charge in [-0.25, -0.2) is 0 Å². The van der Waals surface area contributed by atoms with Gasteiger partial charge >= 0.3 is 0 Å². The van der Waals surface area contributed by atoms with E-state index in [9.17, 15) is 4.79 Å². The molecule has 0 atom stereocenters. The van der Waals surface area contributed by atoms with Crippen LogP contribution in [-0.2, 0) is 11.8 Å². The Labute approximate surface area is 107 Å². The zero-order chi connectivity index (χ0) is 13.1. The number of anilines is 1. The highest BCUT2D eigenvalue weighted by Crippen LogP contribution is 2.28. The molecule has 100 valence electrons. The highest BCUT2D eigenvalue weighted by Gasteiger charge is 2.22. The monoisotopic (exact) mass is 252 g/mol. The number of hydrogen-bond donors (Lipinski definition) is 1. The van der Waals surface area contributed by atoms with Gasteiger partial charge < -0.3 is 15.4 Å². The first-order chi connectivity index (χ1) is 8.59. The molecule has 0 aliphatic heterocycles. The lowest BCUT2D eigenvalue weighted by Crippen LogP contribution is -2.32. The van der Waals surface area contributed by atoms with E-state index in [-0.39, 0.29) is 5.91 Å². The van der Waals surface area contributed by atoms with Crippen LogP contribution in [0.3, 0.4) is 0 Å². The topological polar surface area (TPSA) is 73.4 Å². The molecular weight excluding hydrogens is 232 g/mol. The number of hydrogen-bond acceptors (Lipinski definition) is 4. The molecule has 0 unspecified atom stereocenters. The molecule has 18 heavy (non-hydrogen) atoms. The fourth-order valence-electron chi connectivity index (χ4n) is 1.73. The number of aryl methyl sites for hydroxylation is 1. The molecule has 2 rings (SSSR count). The van der Waals surface area contributed by atoms with Crippen molar-refractivity contribution in [3.05, 3.63) is 11.9 Å². The summed E-state index contributed by atoms with van der Waals surface area (Å²) in [5.41, 5.74) is 6.56. The first kappa shape index (κ1) is 12.9. The summed E-state index contributed by atoms with van der Waals surface area (Å²) in [5, 5.41) is 3.96. The zero-order valence-corrected chi connectivity index (χ0v) is 10.9. The standard InChI is InChI=1S/C12H20N4O2/c1-15(5-6-18-8-9-3-4-9)12(17)11-10(13)7-14-16(11)2/h7,9H,3-6,8,13H2,1-2H3. The second-order valence-electron chi connectivity index (χ2n) is 4.82. The third-order valence-electron chi connectivity index (χ3n) is 3.14. The van der Waals surface area contributed by atoms with Gasteiger partial charge in [-0.15, -0.1) is 0 Å². The second-order valence-corrected chi connectivity index (χ2v) is 4.82. The Morgan fingerprint density at radius 3 is 2.94 bits per heavy atom. The van der Waals surface area contributed by atoms with Gasteiger partial charge in [0, 0.05) is 27.2 Å². The van der Waals surface area contributed by atoms with E-state index in [1.165, 1.54) is 23.7 Å². The van der Waals surface area contributed by atoms with Crippen LogP contribution in [-0.4, -0.2) is 47.4 Å². The molecule has 1 heterocycles. The van der Waals surface area contributed by atoms with E-state index in [1.807, 2.05) is 0 Å². The first-order valence-electron chi connectivity index (χ1n) is 6.20. The van der Waals surface area contributed by atoms with Crippen LogP contribution in [0.5, 0.6) is 0 Å². The number of aromatic nitrogens is 2. The number of nitrogens with zero attached hydrogens (tertiary/aromatic N) is 3. The molecule has 0 saturated heterocycles. The van der Waals surface area contributed by atoms with Crippen LogP contribution in [0.4, 0.5) is 5.69 Å². The van der Waals surface area contributed by atoms with Crippen LogP contribution in [0.1, 0.15) is 23.3 Å². The van der Waals surface area contributed by atoms with Crippen molar-refractivity contribution in [1.29, 1.82) is 0 Å². The number of ether oxygens (including phenoxy) is 1. The minimum absolute atomic E-state index is 0.123. The minimum atomic E-state index is -0.123. The molecule has 0 bridgehead atoms. The van der Waals surface area contributed by atoms with Gasteiger partial charge in [-0.3, -0.25) is 9.48 Å². The van der Waals surface area contributed by atoms with Gasteiger partial charge in [0.25, 0.3) is 5.91 Å². The van der Waals surface area contributed by atoms with Crippen molar-refractivity contribution >= 4 is 11.6 Å². The Morgan fingerprint density at radius 2 is 2.39 bits per heavy atom. The third kappa shape index (κ3) is 3.01. The maximum Gasteiger partial charge on any atom is 0.274 e. The molecule has 1 aromatic heterocycles. The minimum Gasteiger partial charge on any atom is -0.396 e. The number of amides is 1. The van der Waals surface area contributed by atoms with E-state index in [1.54, 1.807) is 19.0 Å². The lowest BCUT2D eigenvalue weighted by Gasteiger charge is -2.17. The first-order valence-corrected chi connectivity index (χ1v) is 6.20. The molecule has 1 amide bonds. The number of carbonyl (C=O) groups is 1. The summed E-state index contributed by atoms with van der Waals surface area (Å²) in [6.45, 7) is 1.95. The van der Waals surface area contributed by atoms with Gasteiger partial charge in [0.1, 0.15) is 5.69 Å². The van der Waals surface area contributed by atoms with Crippen LogP contribution in [0.25, 0.3) is 0 Å². The summed E-state index contributed by atoms with van der Waals surface area (Å²) in [5.74, 6) is 0.626. The molecule has 0 radical (unpaired) electrons. The van der Waals surface area contributed by atoms with Crippen molar-refractivity contribution in [1.82, 2.24) is 14.7 Å². The summed E-state index contributed by atoms with van der Waals surface area (Å²) in [6.07, 6.45) is 4.05. The molecule has 0 spiro atoms. The van der Waals surface area contributed by atoms with E-state index in [4.69, 9.17) is 10.5 Å². The molecule has 1 saturated carbocycles. The lowest BCUT2D eigenvalue weighted by molar-refractivity contribution is 0.0672. The normalized spacial score (nSPS) is 14.8. The van der Waals surface area contributed by atoms with Gasteiger partial charge in [0.15, 0.2) is 0 Å². The smallest absolute Gasteiger partial charge is 0.274 e. The Bertz CT molecular complexity index is 406. The number of nitrogen functional groups attached to an aromatic ring is 1. The Kier molecular flexibility index (Phi) is 3.86. The Morgan fingerprint density at radius 1 is 1.67 bits per heavy atom. The average molecular weight is 252 g/mol. The van der Waals surface area contributed by atoms with Crippen molar-refractivity contribution in [3.8, 4) is 0 Å². The second kappa shape index (κ2) is 5.39. The highest BCUT2D eigenvalue weighted by atomic mass is 16.5. The third-order valence-corrected chi connectivity index (χ3v) is 3.14. The van der Waals surface area contributed by atoms with Crippen LogP contribution in [0.2, 0.25) is 0 Å². The van der Waals surface area contributed by atoms with Crippen LogP contribution in [0.15, 0.2) is 6.20 Å². The summed E-state index contributed by atoms with van der Waals surface area (Å²) in [4.78, 5) is 13.7. The van der Waals surface area contributed by atoms with Gasteiger partial charge in [-0.2, -0.15) is 5.10 Å². The van der Waals surface area contributed by atoms with Gasteiger partial charge in [0.2, 0.25) is 0 Å². The van der Waals surface area contributed by atoms with Crippen LogP contribution >= 0.6 is 0 Å². The van der Waals surface area contributed by atoms with Crippen molar-refractivity contribution in [3.63, 3.8) is 0 Å². The molecule has 2 N–H and O–H groups in total.